The summed E-state index contributed by atoms with van der Waals surface area (Å²) in [5, 5.41) is 3.49. The number of nitrogens with one attached hydrogen (secondary N) is 1. The molecule has 1 unspecified atom stereocenters. The fraction of sp³-hybridized carbons (Fsp3) is 0.909. The molecule has 0 saturated carbocycles. The summed E-state index contributed by atoms with van der Waals surface area (Å²) in [4.78, 5) is 15.6. The molecule has 86 valence electrons. The highest BCUT2D eigenvalue weighted by atomic mass is 16.2. The minimum atomic E-state index is 0.264. The van der Waals surface area contributed by atoms with E-state index in [4.69, 9.17) is 0 Å². The fourth-order valence-electron chi connectivity index (χ4n) is 2.34. The van der Waals surface area contributed by atoms with E-state index in [1.54, 1.807) is 0 Å². The van der Waals surface area contributed by atoms with Crippen molar-refractivity contribution in [2.45, 2.75) is 25.3 Å². The maximum absolute atomic E-state index is 11.5. The van der Waals surface area contributed by atoms with Gasteiger partial charge < -0.3 is 10.2 Å². The summed E-state index contributed by atoms with van der Waals surface area (Å²) in [5.74, 6) is 0.264. The third-order valence-electron chi connectivity index (χ3n) is 3.49. The van der Waals surface area contributed by atoms with Crippen molar-refractivity contribution in [3.63, 3.8) is 0 Å². The van der Waals surface area contributed by atoms with Gasteiger partial charge in [0.2, 0.25) is 5.91 Å². The molecule has 1 N–H and O–H groups in total. The molecule has 0 spiro atoms. The van der Waals surface area contributed by atoms with Crippen LogP contribution in [0.3, 0.4) is 0 Å². The highest BCUT2D eigenvalue weighted by molar-refractivity contribution is 5.78. The number of carbonyl (C=O) groups excluding carboxylic acids is 1. The van der Waals surface area contributed by atoms with Gasteiger partial charge in [0.1, 0.15) is 0 Å². The lowest BCUT2D eigenvalue weighted by Gasteiger charge is -2.32. The molecule has 2 saturated heterocycles. The van der Waals surface area contributed by atoms with Gasteiger partial charge in [-0.3, -0.25) is 9.69 Å². The van der Waals surface area contributed by atoms with E-state index < -0.39 is 0 Å². The normalized spacial score (nSPS) is 28.7. The van der Waals surface area contributed by atoms with Crippen LogP contribution >= 0.6 is 0 Å². The highest BCUT2D eigenvalue weighted by Gasteiger charge is 2.22. The molecule has 1 atom stereocenters. The van der Waals surface area contributed by atoms with Crippen molar-refractivity contribution >= 4 is 5.91 Å². The number of hydrogen-bond acceptors (Lipinski definition) is 3. The summed E-state index contributed by atoms with van der Waals surface area (Å²) in [7, 11) is 1.89. The third kappa shape index (κ3) is 2.92. The van der Waals surface area contributed by atoms with Gasteiger partial charge in [0.05, 0.1) is 6.54 Å². The van der Waals surface area contributed by atoms with Crippen LogP contribution in [0.5, 0.6) is 0 Å². The molecule has 1 amide bonds. The number of nitrogens with zero attached hydrogens (tertiary/aromatic N) is 2. The molecule has 0 aliphatic carbocycles. The first kappa shape index (κ1) is 10.9. The number of hydrogen-bond donors (Lipinski definition) is 1. The minimum absolute atomic E-state index is 0.264. The van der Waals surface area contributed by atoms with Crippen molar-refractivity contribution in [1.82, 2.24) is 15.1 Å². The Bertz CT molecular complexity index is 226. The Morgan fingerprint density at radius 2 is 2.33 bits per heavy atom. The molecule has 2 aliphatic rings. The van der Waals surface area contributed by atoms with Gasteiger partial charge in [-0.2, -0.15) is 0 Å². The van der Waals surface area contributed by atoms with E-state index in [9.17, 15) is 4.79 Å². The van der Waals surface area contributed by atoms with Gasteiger partial charge in [-0.15, -0.1) is 0 Å². The molecular weight excluding hydrogens is 190 g/mol. The first-order valence-corrected chi connectivity index (χ1v) is 5.95. The SMILES string of the molecule is CN1CCN(CCC2CCCN2)CC1=O. The maximum atomic E-state index is 11.5. The maximum Gasteiger partial charge on any atom is 0.236 e. The Hall–Kier alpha value is -0.610. The van der Waals surface area contributed by atoms with Crippen LogP contribution in [0.2, 0.25) is 0 Å². The minimum Gasteiger partial charge on any atom is -0.343 e. The van der Waals surface area contributed by atoms with Crippen LogP contribution in [0.4, 0.5) is 0 Å². The molecular formula is C11H21N3O. The summed E-state index contributed by atoms with van der Waals surface area (Å²) in [6.45, 7) is 4.78. The molecule has 0 aromatic heterocycles. The predicted octanol–water partition coefficient (Wildman–Crippen LogP) is -0.0975. The Morgan fingerprint density at radius 1 is 1.47 bits per heavy atom. The Labute approximate surface area is 91.6 Å². The molecule has 2 fully saturated rings. The summed E-state index contributed by atoms with van der Waals surface area (Å²) in [5.41, 5.74) is 0. The zero-order valence-corrected chi connectivity index (χ0v) is 9.54. The largest absolute Gasteiger partial charge is 0.343 e. The van der Waals surface area contributed by atoms with Gasteiger partial charge in [-0.1, -0.05) is 0 Å². The average molecular weight is 211 g/mol. The number of likely N-dealkylation sites (N-methyl/N-ethyl adjacent to an activating group) is 1. The molecule has 2 heterocycles. The molecule has 2 aliphatic heterocycles. The van der Waals surface area contributed by atoms with Crippen molar-refractivity contribution in [3.8, 4) is 0 Å². The molecule has 4 heteroatoms. The van der Waals surface area contributed by atoms with Gasteiger partial charge in [0.15, 0.2) is 0 Å². The van der Waals surface area contributed by atoms with Crippen LogP contribution in [0.25, 0.3) is 0 Å². The average Bonchev–Trinajstić information content (AvgIpc) is 2.73. The van der Waals surface area contributed by atoms with Crippen LogP contribution in [0.1, 0.15) is 19.3 Å². The third-order valence-corrected chi connectivity index (χ3v) is 3.49. The van der Waals surface area contributed by atoms with Crippen LogP contribution < -0.4 is 5.32 Å². The predicted molar refractivity (Wildman–Crippen MR) is 59.7 cm³/mol. The summed E-state index contributed by atoms with van der Waals surface area (Å²) in [6.07, 6.45) is 3.81. The number of piperazine rings is 1. The topological polar surface area (TPSA) is 35.6 Å². The van der Waals surface area contributed by atoms with Gasteiger partial charge >= 0.3 is 0 Å². The highest BCUT2D eigenvalue weighted by Crippen LogP contribution is 2.10. The molecule has 15 heavy (non-hydrogen) atoms. The van der Waals surface area contributed by atoms with Gasteiger partial charge in [0, 0.05) is 32.7 Å². The molecule has 2 rings (SSSR count). The molecule has 0 bridgehead atoms. The van der Waals surface area contributed by atoms with Gasteiger partial charge in [-0.05, 0) is 25.8 Å². The monoisotopic (exact) mass is 211 g/mol. The van der Waals surface area contributed by atoms with E-state index in [1.165, 1.54) is 25.8 Å². The Balaban J connectivity index is 1.68. The first-order valence-electron chi connectivity index (χ1n) is 5.95. The molecule has 0 aromatic carbocycles. The van der Waals surface area contributed by atoms with Crippen LogP contribution in [0.15, 0.2) is 0 Å². The smallest absolute Gasteiger partial charge is 0.236 e. The molecule has 0 aromatic rings. The lowest BCUT2D eigenvalue weighted by atomic mass is 10.1. The number of amides is 1. The summed E-state index contributed by atoms with van der Waals surface area (Å²) in [6, 6.07) is 0.694. The Morgan fingerprint density at radius 3 is 3.00 bits per heavy atom. The van der Waals surface area contributed by atoms with Crippen molar-refractivity contribution in [3.05, 3.63) is 0 Å². The lowest BCUT2D eigenvalue weighted by molar-refractivity contribution is -0.134. The lowest BCUT2D eigenvalue weighted by Crippen LogP contribution is -2.49. The standard InChI is InChI=1S/C11H21N3O/c1-13-7-8-14(9-11(13)15)6-4-10-3-2-5-12-10/h10,12H,2-9H2,1H3. The van der Waals surface area contributed by atoms with Crippen molar-refractivity contribution in [2.24, 2.45) is 0 Å². The number of carbonyl (C=O) groups is 1. The second-order valence-electron chi connectivity index (χ2n) is 4.67. The second kappa shape index (κ2) is 4.94. The van der Waals surface area contributed by atoms with Crippen molar-refractivity contribution in [1.29, 1.82) is 0 Å². The van der Waals surface area contributed by atoms with Gasteiger partial charge in [0.25, 0.3) is 0 Å². The fourth-order valence-corrected chi connectivity index (χ4v) is 2.34. The van der Waals surface area contributed by atoms with Crippen LogP contribution in [-0.4, -0.2) is 61.5 Å². The molecule has 0 radical (unpaired) electrons. The summed E-state index contributed by atoms with van der Waals surface area (Å²) < 4.78 is 0. The van der Waals surface area contributed by atoms with Crippen molar-refractivity contribution in [2.75, 3.05) is 39.8 Å². The van der Waals surface area contributed by atoms with Crippen LogP contribution in [0, 0.1) is 0 Å². The van der Waals surface area contributed by atoms with E-state index >= 15 is 0 Å². The zero-order valence-electron chi connectivity index (χ0n) is 9.54. The zero-order chi connectivity index (χ0) is 10.7. The van der Waals surface area contributed by atoms with E-state index in [2.05, 4.69) is 10.2 Å². The van der Waals surface area contributed by atoms with E-state index in [0.29, 0.717) is 12.6 Å². The van der Waals surface area contributed by atoms with E-state index in [1.807, 2.05) is 11.9 Å². The van der Waals surface area contributed by atoms with Crippen LogP contribution in [-0.2, 0) is 4.79 Å². The van der Waals surface area contributed by atoms with Gasteiger partial charge in [-0.25, -0.2) is 0 Å². The Kier molecular flexibility index (Phi) is 3.59. The van der Waals surface area contributed by atoms with Crippen molar-refractivity contribution < 1.29 is 4.79 Å². The van der Waals surface area contributed by atoms with E-state index in [0.717, 1.165) is 19.6 Å². The molecule has 4 nitrogen and oxygen atoms in total. The summed E-state index contributed by atoms with van der Waals surface area (Å²) >= 11 is 0. The quantitative estimate of drug-likeness (QED) is 0.708. The second-order valence-corrected chi connectivity index (χ2v) is 4.67. The van der Waals surface area contributed by atoms with E-state index in [-0.39, 0.29) is 5.91 Å². The first-order chi connectivity index (χ1) is 7.25. The number of rotatable bonds is 3.